The standard InChI is InChI=1S/C72H130N2O31/c1-5-7-9-11-13-15-17-19-21-23-25-27-29-31-43(81)42(74-51(83)32-30-28-26-24-22-20-18-16-14-12-10-8-6-2)39-94-67-44(82)33-45(46(34-75)97-67)96-70-61(92)59(90)63(50(38-79)101-70)102-71-62(93)65(56(87)49(37-78)99-71)104-68-52(73-41(4)80)64(55(86)48(36-77)98-68)103-72-66(58(89)54(85)47(35-76)100-72)105-69-60(91)57(88)53(84)40(3)95-69/h29,31,40,42-50,52-72,75-79,81-82,84-93H,5-28,30,32-39H2,1-4H3,(H,73,80)(H,74,83)/t40?,42-,43+,44?,45-,46?,47?,48?,49?,50?,52?,53+,54-,55-,56-,57?,58-,59+,60-,61?,62?,63-,64+,65-,66?,67+,68-,69-,70+,71+,72-/m0/s1. The van der Waals surface area contributed by atoms with Crippen molar-refractivity contribution in [1.82, 2.24) is 10.6 Å². The van der Waals surface area contributed by atoms with E-state index < -0.39 is 229 Å². The number of rotatable bonds is 48. The van der Waals surface area contributed by atoms with Gasteiger partial charge in [0.15, 0.2) is 37.7 Å². The van der Waals surface area contributed by atoms with Gasteiger partial charge < -0.3 is 154 Å². The molecule has 2 amide bonds. The Labute approximate surface area is 616 Å². The van der Waals surface area contributed by atoms with E-state index in [4.69, 9.17) is 56.8 Å². The number of allylic oxidation sites excluding steroid dienone is 1. The molecule has 33 heteroatoms. The molecule has 6 aliphatic rings. The summed E-state index contributed by atoms with van der Waals surface area (Å²) in [5, 5.41) is 193. The van der Waals surface area contributed by atoms with Gasteiger partial charge in [0.05, 0.1) is 64.0 Å². The Bertz CT molecular complexity index is 2380. The van der Waals surface area contributed by atoms with Crippen molar-refractivity contribution >= 4 is 11.8 Å². The zero-order chi connectivity index (χ0) is 76.7. The smallest absolute Gasteiger partial charge is 0.220 e. The summed E-state index contributed by atoms with van der Waals surface area (Å²) in [6.07, 6.45) is -19.7. The minimum atomic E-state index is -2.22. The van der Waals surface area contributed by atoms with E-state index >= 15 is 0 Å². The minimum absolute atomic E-state index is 0.228. The van der Waals surface area contributed by atoms with E-state index in [1.807, 2.05) is 6.08 Å². The maximum atomic E-state index is 13.4. The largest absolute Gasteiger partial charge is 0.394 e. The third-order valence-corrected chi connectivity index (χ3v) is 20.7. The van der Waals surface area contributed by atoms with Crippen molar-refractivity contribution in [3.63, 3.8) is 0 Å². The molecule has 6 saturated heterocycles. The van der Waals surface area contributed by atoms with Crippen LogP contribution in [0.3, 0.4) is 0 Å². The molecule has 19 N–H and O–H groups in total. The third-order valence-electron chi connectivity index (χ3n) is 20.7. The van der Waals surface area contributed by atoms with Crippen LogP contribution in [0.2, 0.25) is 0 Å². The van der Waals surface area contributed by atoms with Crippen LogP contribution in [-0.2, 0) is 66.4 Å². The average Bonchev–Trinajstić information content (AvgIpc) is 0.770. The molecule has 0 aromatic carbocycles. The quantitative estimate of drug-likeness (QED) is 0.0249. The number of hydrogen-bond donors (Lipinski definition) is 19. The molecule has 6 rings (SSSR count). The second-order valence-electron chi connectivity index (χ2n) is 29.1. The number of aliphatic hydroxyl groups excluding tert-OH is 17. The highest BCUT2D eigenvalue weighted by Gasteiger charge is 2.58. The zero-order valence-electron chi connectivity index (χ0n) is 61.7. The molecule has 0 aromatic rings. The van der Waals surface area contributed by atoms with Crippen LogP contribution >= 0.6 is 0 Å². The van der Waals surface area contributed by atoms with Gasteiger partial charge in [-0.3, -0.25) is 9.59 Å². The van der Waals surface area contributed by atoms with Gasteiger partial charge in [0.1, 0.15) is 128 Å². The Hall–Kier alpha value is -2.48. The minimum Gasteiger partial charge on any atom is -0.394 e. The van der Waals surface area contributed by atoms with Crippen molar-refractivity contribution in [2.45, 2.75) is 391 Å². The Morgan fingerprint density at radius 2 is 0.857 bits per heavy atom. The number of carbonyl (C=O) groups is 2. The summed E-state index contributed by atoms with van der Waals surface area (Å²) in [7, 11) is 0. The van der Waals surface area contributed by atoms with Gasteiger partial charge in [-0.05, 0) is 26.2 Å². The van der Waals surface area contributed by atoms with Crippen molar-refractivity contribution in [2.75, 3.05) is 39.6 Å². The third kappa shape index (κ3) is 27.7. The zero-order valence-corrected chi connectivity index (χ0v) is 61.7. The van der Waals surface area contributed by atoms with E-state index in [9.17, 15) is 96.4 Å². The molecule has 105 heavy (non-hydrogen) atoms. The van der Waals surface area contributed by atoms with Crippen molar-refractivity contribution in [2.24, 2.45) is 0 Å². The lowest BCUT2D eigenvalue weighted by atomic mass is 9.94. The van der Waals surface area contributed by atoms with Crippen molar-refractivity contribution in [1.29, 1.82) is 0 Å². The first kappa shape index (κ1) is 91.4. The van der Waals surface area contributed by atoms with Gasteiger partial charge in [-0.1, -0.05) is 167 Å². The monoisotopic (exact) mass is 1520 g/mol. The molecule has 0 aromatic heterocycles. The van der Waals surface area contributed by atoms with Crippen LogP contribution in [0, 0.1) is 0 Å². The fraction of sp³-hybridized carbons (Fsp3) is 0.944. The Balaban J connectivity index is 1.07. The fourth-order valence-corrected chi connectivity index (χ4v) is 14.2. The predicted molar refractivity (Wildman–Crippen MR) is 370 cm³/mol. The first-order valence-electron chi connectivity index (χ1n) is 38.7. The summed E-state index contributed by atoms with van der Waals surface area (Å²) in [6.45, 7) is 1.77. The van der Waals surface area contributed by atoms with E-state index in [2.05, 4.69) is 24.5 Å². The normalized spacial score (nSPS) is 38.2. The second kappa shape index (κ2) is 48.4. The Kier molecular flexibility index (Phi) is 42.2. The van der Waals surface area contributed by atoms with E-state index in [0.29, 0.717) is 6.42 Å². The molecule has 31 atom stereocenters. The second-order valence-corrected chi connectivity index (χ2v) is 29.1. The van der Waals surface area contributed by atoms with E-state index in [0.717, 1.165) is 58.3 Å². The number of hydrogen-bond acceptors (Lipinski definition) is 31. The number of aliphatic hydroxyl groups is 17. The van der Waals surface area contributed by atoms with Gasteiger partial charge in [0, 0.05) is 19.8 Å². The first-order valence-corrected chi connectivity index (χ1v) is 38.7. The molecule has 6 fully saturated rings. The Morgan fingerprint density at radius 3 is 1.41 bits per heavy atom. The fourth-order valence-electron chi connectivity index (χ4n) is 14.2. The topological polar surface area (TPSA) is 513 Å². The van der Waals surface area contributed by atoms with Crippen LogP contribution in [0.4, 0.5) is 0 Å². The average molecular weight is 1520 g/mol. The van der Waals surface area contributed by atoms with Crippen LogP contribution < -0.4 is 10.6 Å². The lowest BCUT2D eigenvalue weighted by Gasteiger charge is -2.51. The summed E-state index contributed by atoms with van der Waals surface area (Å²) in [6, 6.07) is -2.76. The highest BCUT2D eigenvalue weighted by Crippen LogP contribution is 2.38. The van der Waals surface area contributed by atoms with Crippen LogP contribution in [0.5, 0.6) is 0 Å². The first-order chi connectivity index (χ1) is 50.5. The SMILES string of the molecule is CCCCCCCCCCCCCC=C[C@@H](O)[C@H](CO[C@@H]1OC(CO)[C@@H](O[C@@H]2OC(CO)[C@H](O[C@H]3OC(CO)[C@H](O)[C@H](O[C@@H]4OC(CO)[C@H](O)[C@H](O[C@@H]5OC(CO)[C@H](O)[C@H](O)C5O[C@@H]5OC(C)[C@@H](O)C(O)[C@@H]5O)C4NC(C)=O)C3O)[C@H](O)C2O)CC1O)NC(=O)CCCCCCCCCCCCCCC. The molecular formula is C72H130N2O31. The molecule has 0 radical (unpaired) electrons. The highest BCUT2D eigenvalue weighted by molar-refractivity contribution is 5.76. The molecular weight excluding hydrogens is 1390 g/mol. The number of ether oxygens (including phenoxy) is 12. The van der Waals surface area contributed by atoms with Gasteiger partial charge in [-0.2, -0.15) is 0 Å². The summed E-state index contributed by atoms with van der Waals surface area (Å²) in [4.78, 5) is 26.4. The van der Waals surface area contributed by atoms with Crippen LogP contribution in [0.15, 0.2) is 12.2 Å². The molecule has 0 spiro atoms. The van der Waals surface area contributed by atoms with Crippen molar-refractivity contribution in [3.8, 4) is 0 Å². The molecule has 6 aliphatic heterocycles. The van der Waals surface area contributed by atoms with Gasteiger partial charge in [-0.25, -0.2) is 0 Å². The van der Waals surface area contributed by atoms with E-state index in [1.165, 1.54) is 110 Å². The summed E-state index contributed by atoms with van der Waals surface area (Å²) >= 11 is 0. The number of unbranched alkanes of at least 4 members (excludes halogenated alkanes) is 23. The summed E-state index contributed by atoms with van der Waals surface area (Å²) in [5.41, 5.74) is 0. The van der Waals surface area contributed by atoms with Crippen LogP contribution in [0.25, 0.3) is 0 Å². The summed E-state index contributed by atoms with van der Waals surface area (Å²) < 4.78 is 71.1. The van der Waals surface area contributed by atoms with Gasteiger partial charge in [0.2, 0.25) is 11.8 Å². The maximum Gasteiger partial charge on any atom is 0.220 e. The van der Waals surface area contributed by atoms with Crippen LogP contribution in [-0.4, -0.2) is 328 Å². The van der Waals surface area contributed by atoms with Crippen molar-refractivity contribution in [3.05, 3.63) is 12.2 Å². The number of carbonyl (C=O) groups excluding carboxylic acids is 2. The summed E-state index contributed by atoms with van der Waals surface area (Å²) in [5.74, 6) is -1.14. The van der Waals surface area contributed by atoms with Gasteiger partial charge in [0.25, 0.3) is 0 Å². The Morgan fingerprint density at radius 1 is 0.429 bits per heavy atom. The van der Waals surface area contributed by atoms with Gasteiger partial charge >= 0.3 is 0 Å². The lowest BCUT2D eigenvalue weighted by molar-refractivity contribution is -0.392. The number of nitrogens with one attached hydrogen (secondary N) is 2. The van der Waals surface area contributed by atoms with Gasteiger partial charge in [-0.15, -0.1) is 0 Å². The number of amides is 2. The molecule has 0 saturated carbocycles. The van der Waals surface area contributed by atoms with Crippen molar-refractivity contribution < 1.29 is 153 Å². The van der Waals surface area contributed by atoms with E-state index in [-0.39, 0.29) is 25.4 Å². The van der Waals surface area contributed by atoms with E-state index in [1.54, 1.807) is 6.08 Å². The predicted octanol–water partition coefficient (Wildman–Crippen LogP) is -1.29. The maximum absolute atomic E-state index is 13.4. The highest BCUT2D eigenvalue weighted by atomic mass is 16.8. The molecule has 33 nitrogen and oxygen atoms in total. The molecule has 12 unspecified atom stereocenters. The van der Waals surface area contributed by atoms with Crippen LogP contribution in [0.1, 0.15) is 201 Å². The molecule has 0 aliphatic carbocycles. The molecule has 614 valence electrons. The molecule has 0 bridgehead atoms. The lowest BCUT2D eigenvalue weighted by Crippen LogP contribution is -2.70. The molecule has 6 heterocycles.